The topological polar surface area (TPSA) is 9.23 Å². The van der Waals surface area contributed by atoms with Crippen molar-refractivity contribution in [2.75, 3.05) is 7.11 Å². The lowest BCUT2D eigenvalue weighted by molar-refractivity contribution is 0.0695. The van der Waals surface area contributed by atoms with Gasteiger partial charge in [-0.05, 0) is 41.5 Å². The van der Waals surface area contributed by atoms with E-state index in [0.29, 0.717) is 5.92 Å². The summed E-state index contributed by atoms with van der Waals surface area (Å²) in [7, 11) is 1.81. The quantitative estimate of drug-likeness (QED) is 0.762. The molecule has 0 saturated heterocycles. The van der Waals surface area contributed by atoms with Crippen LogP contribution in [0.25, 0.3) is 11.1 Å². The Balaban J connectivity index is 2.10. The van der Waals surface area contributed by atoms with Gasteiger partial charge in [-0.25, -0.2) is 0 Å². The zero-order valence-electron chi connectivity index (χ0n) is 11.8. The van der Waals surface area contributed by atoms with Gasteiger partial charge < -0.3 is 4.74 Å². The molecule has 1 nitrogen and oxygen atoms in total. The molecule has 0 fully saturated rings. The van der Waals surface area contributed by atoms with Crippen LogP contribution >= 0.6 is 0 Å². The summed E-state index contributed by atoms with van der Waals surface area (Å²) in [4.78, 5) is 0. The van der Waals surface area contributed by atoms with E-state index in [4.69, 9.17) is 4.74 Å². The first-order valence-corrected chi connectivity index (χ1v) is 6.92. The van der Waals surface area contributed by atoms with E-state index in [9.17, 15) is 0 Å². The molecule has 0 aromatic heterocycles. The average Bonchev–Trinajstić information content (AvgIpc) is 2.75. The van der Waals surface area contributed by atoms with Crippen molar-refractivity contribution in [2.45, 2.75) is 26.4 Å². The third-order valence-electron chi connectivity index (χ3n) is 4.18. The second-order valence-corrected chi connectivity index (χ2v) is 5.58. The highest BCUT2D eigenvalue weighted by molar-refractivity contribution is 5.70. The number of rotatable bonds is 2. The molecular weight excluding hydrogens is 232 g/mol. The van der Waals surface area contributed by atoms with Crippen LogP contribution in [0, 0.1) is 12.8 Å². The minimum atomic E-state index is 0.250. The van der Waals surface area contributed by atoms with Crippen molar-refractivity contribution in [1.82, 2.24) is 0 Å². The number of benzene rings is 2. The average molecular weight is 252 g/mol. The predicted octanol–water partition coefficient (Wildman–Crippen LogP) is 4.54. The Morgan fingerprint density at radius 2 is 1.79 bits per heavy atom. The molecule has 2 aromatic carbocycles. The first kappa shape index (κ1) is 12.4. The summed E-state index contributed by atoms with van der Waals surface area (Å²) in [5.41, 5.74) is 6.81. The van der Waals surface area contributed by atoms with Gasteiger partial charge in [-0.1, -0.05) is 55.0 Å². The molecule has 0 heterocycles. The maximum Gasteiger partial charge on any atom is 0.0852 e. The Hall–Kier alpha value is -1.60. The summed E-state index contributed by atoms with van der Waals surface area (Å²) >= 11 is 0. The summed E-state index contributed by atoms with van der Waals surface area (Å²) in [5, 5.41) is 0. The minimum absolute atomic E-state index is 0.250. The molecule has 2 atom stereocenters. The van der Waals surface area contributed by atoms with Crippen LogP contribution in [-0.2, 0) is 11.2 Å². The highest BCUT2D eigenvalue weighted by atomic mass is 16.5. The summed E-state index contributed by atoms with van der Waals surface area (Å²) in [6.07, 6.45) is 1.36. The van der Waals surface area contributed by atoms with Gasteiger partial charge in [0.2, 0.25) is 0 Å². The SMILES string of the molecule is COC1c2cccc(-c3ccc(C)cc3)c2CC1C. The van der Waals surface area contributed by atoms with E-state index >= 15 is 0 Å². The van der Waals surface area contributed by atoms with Crippen LogP contribution in [0.15, 0.2) is 42.5 Å². The Labute approximate surface area is 115 Å². The van der Waals surface area contributed by atoms with Crippen LogP contribution in [0.1, 0.15) is 29.7 Å². The van der Waals surface area contributed by atoms with E-state index in [1.165, 1.54) is 27.8 Å². The summed E-state index contributed by atoms with van der Waals surface area (Å²) in [5.74, 6) is 0.562. The fourth-order valence-corrected chi connectivity index (χ4v) is 3.20. The minimum Gasteiger partial charge on any atom is -0.376 e. The zero-order valence-corrected chi connectivity index (χ0v) is 11.8. The van der Waals surface area contributed by atoms with E-state index in [1.54, 1.807) is 0 Å². The lowest BCUT2D eigenvalue weighted by Gasteiger charge is -2.14. The molecule has 0 radical (unpaired) electrons. The van der Waals surface area contributed by atoms with Crippen LogP contribution in [0.2, 0.25) is 0 Å². The highest BCUT2D eigenvalue weighted by Gasteiger charge is 2.30. The second-order valence-electron chi connectivity index (χ2n) is 5.58. The van der Waals surface area contributed by atoms with Crippen LogP contribution in [-0.4, -0.2) is 7.11 Å². The van der Waals surface area contributed by atoms with Gasteiger partial charge >= 0.3 is 0 Å². The number of ether oxygens (including phenoxy) is 1. The maximum atomic E-state index is 5.66. The smallest absolute Gasteiger partial charge is 0.0852 e. The fourth-order valence-electron chi connectivity index (χ4n) is 3.20. The van der Waals surface area contributed by atoms with E-state index in [-0.39, 0.29) is 6.10 Å². The molecule has 3 rings (SSSR count). The van der Waals surface area contributed by atoms with Crippen molar-refractivity contribution >= 4 is 0 Å². The number of hydrogen-bond acceptors (Lipinski definition) is 1. The Morgan fingerprint density at radius 1 is 1.05 bits per heavy atom. The molecule has 0 amide bonds. The van der Waals surface area contributed by atoms with Crippen molar-refractivity contribution in [3.8, 4) is 11.1 Å². The molecule has 1 heteroatoms. The van der Waals surface area contributed by atoms with Crippen LogP contribution in [0.4, 0.5) is 0 Å². The van der Waals surface area contributed by atoms with Crippen LogP contribution in [0.3, 0.4) is 0 Å². The summed E-state index contributed by atoms with van der Waals surface area (Å²) in [6.45, 7) is 4.40. The standard InChI is InChI=1S/C18H20O/c1-12-7-9-14(10-8-12)15-5-4-6-16-17(15)11-13(2)18(16)19-3/h4-10,13,18H,11H2,1-3H3. The van der Waals surface area contributed by atoms with Crippen molar-refractivity contribution in [3.63, 3.8) is 0 Å². The highest BCUT2D eigenvalue weighted by Crippen LogP contribution is 2.42. The molecule has 2 aromatic rings. The lowest BCUT2D eigenvalue weighted by Crippen LogP contribution is -2.04. The molecule has 2 unspecified atom stereocenters. The largest absolute Gasteiger partial charge is 0.376 e. The maximum absolute atomic E-state index is 5.66. The molecule has 0 bridgehead atoms. The Kier molecular flexibility index (Phi) is 3.16. The molecule has 0 spiro atoms. The third kappa shape index (κ3) is 2.08. The van der Waals surface area contributed by atoms with Crippen molar-refractivity contribution in [3.05, 3.63) is 59.2 Å². The Morgan fingerprint density at radius 3 is 2.47 bits per heavy atom. The Bertz CT molecular complexity index is 583. The van der Waals surface area contributed by atoms with Gasteiger partial charge in [-0.15, -0.1) is 0 Å². The molecule has 98 valence electrons. The molecule has 19 heavy (non-hydrogen) atoms. The zero-order chi connectivity index (χ0) is 13.4. The van der Waals surface area contributed by atoms with E-state index < -0.39 is 0 Å². The molecule has 1 aliphatic carbocycles. The lowest BCUT2D eigenvalue weighted by atomic mass is 9.96. The van der Waals surface area contributed by atoms with E-state index in [1.807, 2.05) is 7.11 Å². The fraction of sp³-hybridized carbons (Fsp3) is 0.333. The second kappa shape index (κ2) is 4.82. The number of fused-ring (bicyclic) bond motifs is 1. The summed E-state index contributed by atoms with van der Waals surface area (Å²) < 4.78 is 5.66. The molecule has 0 N–H and O–H groups in total. The normalized spacial score (nSPS) is 21.4. The third-order valence-corrected chi connectivity index (χ3v) is 4.18. The molecule has 0 aliphatic heterocycles. The first-order chi connectivity index (χ1) is 9.20. The number of hydrogen-bond donors (Lipinski definition) is 0. The van der Waals surface area contributed by atoms with Gasteiger partial charge in [-0.2, -0.15) is 0 Å². The van der Waals surface area contributed by atoms with Gasteiger partial charge in [-0.3, -0.25) is 0 Å². The van der Waals surface area contributed by atoms with Gasteiger partial charge in [0.05, 0.1) is 6.10 Å². The van der Waals surface area contributed by atoms with Crippen molar-refractivity contribution in [2.24, 2.45) is 5.92 Å². The molecule has 0 saturated carbocycles. The number of methoxy groups -OCH3 is 1. The first-order valence-electron chi connectivity index (χ1n) is 6.92. The number of aryl methyl sites for hydroxylation is 1. The van der Waals surface area contributed by atoms with Crippen molar-refractivity contribution < 1.29 is 4.74 Å². The predicted molar refractivity (Wildman–Crippen MR) is 79.2 cm³/mol. The van der Waals surface area contributed by atoms with Crippen molar-refractivity contribution in [1.29, 1.82) is 0 Å². The van der Waals surface area contributed by atoms with E-state index in [0.717, 1.165) is 6.42 Å². The van der Waals surface area contributed by atoms with Crippen LogP contribution < -0.4 is 0 Å². The monoisotopic (exact) mass is 252 g/mol. The van der Waals surface area contributed by atoms with E-state index in [2.05, 4.69) is 56.3 Å². The van der Waals surface area contributed by atoms with Gasteiger partial charge in [0.15, 0.2) is 0 Å². The van der Waals surface area contributed by atoms with Gasteiger partial charge in [0.1, 0.15) is 0 Å². The van der Waals surface area contributed by atoms with Gasteiger partial charge in [0, 0.05) is 7.11 Å². The van der Waals surface area contributed by atoms with Gasteiger partial charge in [0.25, 0.3) is 0 Å². The molecular formula is C18H20O. The molecule has 1 aliphatic rings. The van der Waals surface area contributed by atoms with Crippen LogP contribution in [0.5, 0.6) is 0 Å². The summed E-state index contributed by atoms with van der Waals surface area (Å²) in [6, 6.07) is 15.4.